The molecule has 0 saturated heterocycles. The normalized spacial score (nSPS) is 10.9. The Morgan fingerprint density at radius 3 is 2.31 bits per heavy atom. The smallest absolute Gasteiger partial charge is 0.335 e. The summed E-state index contributed by atoms with van der Waals surface area (Å²) >= 11 is 0. The SMILES string of the molecule is C=CC(=O)Oc1c(-c2ccc(F)cc2)n(C(C)C)c(=O)c2ccccc12. The summed E-state index contributed by atoms with van der Waals surface area (Å²) in [7, 11) is 0. The third-order valence-electron chi connectivity index (χ3n) is 4.08. The van der Waals surface area contributed by atoms with Gasteiger partial charge in [-0.25, -0.2) is 9.18 Å². The van der Waals surface area contributed by atoms with E-state index in [1.54, 1.807) is 41.0 Å². The fourth-order valence-electron chi connectivity index (χ4n) is 2.95. The lowest BCUT2D eigenvalue weighted by Crippen LogP contribution is -2.25. The summed E-state index contributed by atoms with van der Waals surface area (Å²) in [5.41, 5.74) is 0.807. The van der Waals surface area contributed by atoms with Gasteiger partial charge in [0.15, 0.2) is 5.75 Å². The lowest BCUT2D eigenvalue weighted by molar-refractivity contribution is -0.128. The molecule has 0 amide bonds. The minimum atomic E-state index is -0.632. The van der Waals surface area contributed by atoms with E-state index in [9.17, 15) is 14.0 Å². The van der Waals surface area contributed by atoms with Crippen molar-refractivity contribution in [2.24, 2.45) is 0 Å². The van der Waals surface area contributed by atoms with E-state index in [4.69, 9.17) is 4.74 Å². The average molecular weight is 351 g/mol. The summed E-state index contributed by atoms with van der Waals surface area (Å²) in [5.74, 6) is -0.768. The molecule has 5 heteroatoms. The van der Waals surface area contributed by atoms with Gasteiger partial charge in [0, 0.05) is 23.1 Å². The molecule has 132 valence electrons. The Morgan fingerprint density at radius 1 is 1.12 bits per heavy atom. The van der Waals surface area contributed by atoms with E-state index in [1.165, 1.54) is 12.1 Å². The van der Waals surface area contributed by atoms with Crippen LogP contribution in [0.5, 0.6) is 5.75 Å². The van der Waals surface area contributed by atoms with Crippen LogP contribution in [0.2, 0.25) is 0 Å². The van der Waals surface area contributed by atoms with Gasteiger partial charge in [0.25, 0.3) is 5.56 Å². The Kier molecular flexibility index (Phi) is 4.71. The molecule has 3 aromatic rings. The van der Waals surface area contributed by atoms with Gasteiger partial charge in [-0.2, -0.15) is 0 Å². The zero-order chi connectivity index (χ0) is 18.8. The Bertz CT molecular complexity index is 1050. The summed E-state index contributed by atoms with van der Waals surface area (Å²) in [5, 5.41) is 0.961. The van der Waals surface area contributed by atoms with Crippen LogP contribution >= 0.6 is 0 Å². The topological polar surface area (TPSA) is 48.3 Å². The molecule has 1 aromatic heterocycles. The second-order valence-electron chi connectivity index (χ2n) is 6.12. The van der Waals surface area contributed by atoms with Crippen LogP contribution in [0, 0.1) is 5.82 Å². The van der Waals surface area contributed by atoms with Gasteiger partial charge in [0.05, 0.1) is 11.1 Å². The number of benzene rings is 2. The number of aromatic nitrogens is 1. The zero-order valence-corrected chi connectivity index (χ0v) is 14.5. The highest BCUT2D eigenvalue weighted by Gasteiger charge is 2.22. The molecule has 3 rings (SSSR count). The van der Waals surface area contributed by atoms with Gasteiger partial charge in [0.2, 0.25) is 0 Å². The first-order chi connectivity index (χ1) is 12.4. The number of ether oxygens (including phenoxy) is 1. The van der Waals surface area contributed by atoms with Crippen LogP contribution in [0.4, 0.5) is 4.39 Å². The van der Waals surface area contributed by atoms with E-state index in [-0.39, 0.29) is 17.4 Å². The minimum Gasteiger partial charge on any atom is -0.420 e. The van der Waals surface area contributed by atoms with Gasteiger partial charge >= 0.3 is 5.97 Å². The van der Waals surface area contributed by atoms with Gasteiger partial charge in [-0.3, -0.25) is 4.79 Å². The first-order valence-electron chi connectivity index (χ1n) is 8.21. The van der Waals surface area contributed by atoms with Crippen LogP contribution in [-0.4, -0.2) is 10.5 Å². The Morgan fingerprint density at radius 2 is 1.73 bits per heavy atom. The van der Waals surface area contributed by atoms with Crippen LogP contribution in [0.1, 0.15) is 19.9 Å². The number of fused-ring (bicyclic) bond motifs is 1. The van der Waals surface area contributed by atoms with Crippen molar-refractivity contribution < 1.29 is 13.9 Å². The van der Waals surface area contributed by atoms with E-state index in [0.29, 0.717) is 22.0 Å². The maximum absolute atomic E-state index is 13.4. The molecule has 0 atom stereocenters. The molecule has 0 N–H and O–H groups in total. The maximum Gasteiger partial charge on any atom is 0.335 e. The molecular formula is C21H18FNO3. The number of carbonyl (C=O) groups is 1. The maximum atomic E-state index is 13.4. The molecule has 0 aliphatic rings. The van der Waals surface area contributed by atoms with E-state index in [2.05, 4.69) is 6.58 Å². The summed E-state index contributed by atoms with van der Waals surface area (Å²) in [6.45, 7) is 7.16. The van der Waals surface area contributed by atoms with Crippen LogP contribution < -0.4 is 10.3 Å². The highest BCUT2D eigenvalue weighted by atomic mass is 19.1. The third-order valence-corrected chi connectivity index (χ3v) is 4.08. The van der Waals surface area contributed by atoms with Crippen molar-refractivity contribution in [1.82, 2.24) is 4.57 Å². The number of esters is 1. The molecule has 0 bridgehead atoms. The molecule has 0 spiro atoms. The number of halogens is 1. The van der Waals surface area contributed by atoms with E-state index in [0.717, 1.165) is 6.08 Å². The predicted octanol–water partition coefficient (Wildman–Crippen LogP) is 4.48. The average Bonchev–Trinajstić information content (AvgIpc) is 2.64. The van der Waals surface area contributed by atoms with Gasteiger partial charge in [-0.1, -0.05) is 24.8 Å². The molecule has 2 aromatic carbocycles. The zero-order valence-electron chi connectivity index (χ0n) is 14.5. The van der Waals surface area contributed by atoms with Crippen LogP contribution in [0.15, 0.2) is 66.0 Å². The quantitative estimate of drug-likeness (QED) is 0.514. The number of hydrogen-bond acceptors (Lipinski definition) is 3. The Labute approximate surface area is 150 Å². The highest BCUT2D eigenvalue weighted by molar-refractivity contribution is 5.96. The molecule has 0 saturated carbocycles. The number of carbonyl (C=O) groups excluding carboxylic acids is 1. The monoisotopic (exact) mass is 351 g/mol. The van der Waals surface area contributed by atoms with Crippen molar-refractivity contribution in [3.05, 3.63) is 77.4 Å². The van der Waals surface area contributed by atoms with Crippen molar-refractivity contribution in [3.63, 3.8) is 0 Å². The fraction of sp³-hybridized carbons (Fsp3) is 0.143. The van der Waals surface area contributed by atoms with Gasteiger partial charge < -0.3 is 9.30 Å². The number of pyridine rings is 1. The Hall–Kier alpha value is -3.21. The molecule has 0 unspecified atom stereocenters. The second-order valence-corrected chi connectivity index (χ2v) is 6.12. The first-order valence-corrected chi connectivity index (χ1v) is 8.21. The molecule has 0 aliphatic carbocycles. The second kappa shape index (κ2) is 6.96. The molecule has 0 aliphatic heterocycles. The summed E-state index contributed by atoms with van der Waals surface area (Å²) in [6, 6.07) is 12.5. The summed E-state index contributed by atoms with van der Waals surface area (Å²) < 4.78 is 20.5. The van der Waals surface area contributed by atoms with Crippen LogP contribution in [0.3, 0.4) is 0 Å². The molecule has 1 heterocycles. The van der Waals surface area contributed by atoms with Gasteiger partial charge in [-0.05, 0) is 44.2 Å². The standard InChI is InChI=1S/C21H18FNO3/c1-4-18(24)26-20-16-7-5-6-8-17(16)21(25)23(13(2)3)19(20)14-9-11-15(22)12-10-14/h4-13H,1H2,2-3H3. The third kappa shape index (κ3) is 3.04. The first kappa shape index (κ1) is 17.6. The number of nitrogens with zero attached hydrogens (tertiary/aromatic N) is 1. The molecular weight excluding hydrogens is 333 g/mol. The minimum absolute atomic E-state index is 0.201. The molecule has 0 radical (unpaired) electrons. The largest absolute Gasteiger partial charge is 0.420 e. The number of rotatable bonds is 4. The fourth-order valence-corrected chi connectivity index (χ4v) is 2.95. The van der Waals surface area contributed by atoms with E-state index in [1.807, 2.05) is 13.8 Å². The Balaban J connectivity index is 2.48. The van der Waals surface area contributed by atoms with Crippen molar-refractivity contribution >= 4 is 16.7 Å². The van der Waals surface area contributed by atoms with E-state index >= 15 is 0 Å². The van der Waals surface area contributed by atoms with Crippen molar-refractivity contribution in [2.45, 2.75) is 19.9 Å². The number of hydrogen-bond donors (Lipinski definition) is 0. The summed E-state index contributed by atoms with van der Waals surface area (Å²) in [6.07, 6.45) is 1.06. The van der Waals surface area contributed by atoms with Crippen molar-refractivity contribution in [2.75, 3.05) is 0 Å². The van der Waals surface area contributed by atoms with Crippen LogP contribution in [-0.2, 0) is 4.79 Å². The lowest BCUT2D eigenvalue weighted by atomic mass is 10.0. The highest BCUT2D eigenvalue weighted by Crippen LogP contribution is 2.37. The summed E-state index contributed by atoms with van der Waals surface area (Å²) in [4.78, 5) is 25.0. The predicted molar refractivity (Wildman–Crippen MR) is 99.8 cm³/mol. The van der Waals surface area contributed by atoms with Crippen LogP contribution in [0.25, 0.3) is 22.0 Å². The van der Waals surface area contributed by atoms with Gasteiger partial charge in [-0.15, -0.1) is 0 Å². The molecule has 26 heavy (non-hydrogen) atoms. The van der Waals surface area contributed by atoms with Gasteiger partial charge in [0.1, 0.15) is 5.82 Å². The van der Waals surface area contributed by atoms with Crippen molar-refractivity contribution in [3.8, 4) is 17.0 Å². The van der Waals surface area contributed by atoms with Crippen molar-refractivity contribution in [1.29, 1.82) is 0 Å². The molecule has 4 nitrogen and oxygen atoms in total. The lowest BCUT2D eigenvalue weighted by Gasteiger charge is -2.21. The molecule has 0 fully saturated rings. The van der Waals surface area contributed by atoms with E-state index < -0.39 is 11.8 Å².